The molecule has 1 amide bonds. The van der Waals surface area contributed by atoms with Gasteiger partial charge in [0.15, 0.2) is 9.84 Å². The van der Waals surface area contributed by atoms with Crippen LogP contribution in [0, 0.1) is 5.92 Å². The molecular weight excluding hydrogens is 384 g/mol. The molecule has 148 valence electrons. The summed E-state index contributed by atoms with van der Waals surface area (Å²) in [6.45, 7) is 3.91. The van der Waals surface area contributed by atoms with E-state index in [1.165, 1.54) is 0 Å². The van der Waals surface area contributed by atoms with E-state index >= 15 is 0 Å². The number of carbonyl (C=O) groups is 1. The Hall–Kier alpha value is -1.89. The Kier molecular flexibility index (Phi) is 8.96. The molecule has 0 fully saturated rings. The van der Waals surface area contributed by atoms with E-state index in [1.54, 1.807) is 36.4 Å². The highest BCUT2D eigenvalue weighted by Gasteiger charge is 2.20. The van der Waals surface area contributed by atoms with E-state index in [9.17, 15) is 13.2 Å². The van der Waals surface area contributed by atoms with Gasteiger partial charge in [-0.05, 0) is 29.2 Å². The lowest BCUT2D eigenvalue weighted by atomic mass is 9.99. The zero-order valence-corrected chi connectivity index (χ0v) is 17.2. The van der Waals surface area contributed by atoms with Crippen LogP contribution in [0.4, 0.5) is 5.69 Å². The molecule has 2 unspecified atom stereocenters. The van der Waals surface area contributed by atoms with Crippen LogP contribution in [0.3, 0.4) is 0 Å². The van der Waals surface area contributed by atoms with Gasteiger partial charge in [-0.25, -0.2) is 8.42 Å². The maximum atomic E-state index is 12.4. The summed E-state index contributed by atoms with van der Waals surface area (Å²) >= 11 is 0. The second kappa shape index (κ2) is 10.4. The van der Waals surface area contributed by atoms with Gasteiger partial charge in [0.05, 0.1) is 17.5 Å². The number of amides is 1. The summed E-state index contributed by atoms with van der Waals surface area (Å²) in [5.74, 6) is -0.278. The van der Waals surface area contributed by atoms with Crippen molar-refractivity contribution in [3.63, 3.8) is 0 Å². The highest BCUT2D eigenvalue weighted by molar-refractivity contribution is 7.89. The smallest absolute Gasteiger partial charge is 0.241 e. The molecule has 2 aromatic carbocycles. The minimum atomic E-state index is -3.30. The van der Waals surface area contributed by atoms with Gasteiger partial charge in [0, 0.05) is 5.69 Å². The molecule has 2 rings (SSSR count). The van der Waals surface area contributed by atoms with Crippen molar-refractivity contribution >= 4 is 33.8 Å². The van der Waals surface area contributed by atoms with Crippen molar-refractivity contribution < 1.29 is 13.2 Å². The van der Waals surface area contributed by atoms with E-state index in [2.05, 4.69) is 5.32 Å². The third-order valence-corrected chi connectivity index (χ3v) is 5.92. The zero-order valence-electron chi connectivity index (χ0n) is 15.6. The number of benzene rings is 2. The lowest BCUT2D eigenvalue weighted by Gasteiger charge is -2.18. The molecule has 2 atom stereocenters. The van der Waals surface area contributed by atoms with Crippen LogP contribution in [0.2, 0.25) is 0 Å². The van der Waals surface area contributed by atoms with Crippen LogP contribution in [0.1, 0.15) is 31.4 Å². The number of rotatable bonds is 8. The summed E-state index contributed by atoms with van der Waals surface area (Å²) in [6, 6.07) is 15.4. The average molecular weight is 411 g/mol. The van der Waals surface area contributed by atoms with Crippen LogP contribution in [-0.2, 0) is 26.1 Å². The fraction of sp³-hybridized carbons (Fsp3) is 0.350. The molecule has 0 bridgehead atoms. The molecule has 3 N–H and O–H groups in total. The molecule has 27 heavy (non-hydrogen) atoms. The summed E-state index contributed by atoms with van der Waals surface area (Å²) in [7, 11) is -3.30. The standard InChI is InChI=1S/C20H26N2O3S.ClH/c1-3-15(2)19(21)20(23)22-18-11-7-10-17(12-18)14-26(24,25)13-16-8-5-4-6-9-16;/h4-12,15,19H,3,13-14,21H2,1-2H3,(H,22,23);1H. The number of carbonyl (C=O) groups excluding carboxylic acids is 1. The van der Waals surface area contributed by atoms with Crippen molar-refractivity contribution in [1.82, 2.24) is 0 Å². The number of nitrogens with one attached hydrogen (secondary N) is 1. The topological polar surface area (TPSA) is 89.3 Å². The summed E-state index contributed by atoms with van der Waals surface area (Å²) < 4.78 is 24.9. The minimum absolute atomic E-state index is 0. The maximum Gasteiger partial charge on any atom is 0.241 e. The number of halogens is 1. The van der Waals surface area contributed by atoms with Gasteiger partial charge in [-0.1, -0.05) is 62.7 Å². The summed E-state index contributed by atoms with van der Waals surface area (Å²) in [6.07, 6.45) is 0.812. The van der Waals surface area contributed by atoms with Gasteiger partial charge < -0.3 is 11.1 Å². The molecule has 0 heterocycles. The predicted octanol–water partition coefficient (Wildman–Crippen LogP) is 3.54. The summed E-state index contributed by atoms with van der Waals surface area (Å²) in [5.41, 5.74) is 7.89. The Morgan fingerprint density at radius 1 is 1.04 bits per heavy atom. The molecule has 0 radical (unpaired) electrons. The lowest BCUT2D eigenvalue weighted by Crippen LogP contribution is -2.40. The summed E-state index contributed by atoms with van der Waals surface area (Å²) in [5, 5.41) is 2.77. The number of anilines is 1. The fourth-order valence-corrected chi connectivity index (χ4v) is 4.10. The Morgan fingerprint density at radius 2 is 1.63 bits per heavy atom. The molecule has 0 saturated carbocycles. The Bertz CT molecular complexity index is 841. The first-order valence-electron chi connectivity index (χ1n) is 8.70. The van der Waals surface area contributed by atoms with Crippen LogP contribution >= 0.6 is 12.4 Å². The summed E-state index contributed by atoms with van der Waals surface area (Å²) in [4.78, 5) is 12.2. The molecule has 2 aromatic rings. The molecule has 0 aliphatic rings. The molecule has 5 nitrogen and oxygen atoms in total. The van der Waals surface area contributed by atoms with Crippen molar-refractivity contribution in [3.8, 4) is 0 Å². The predicted molar refractivity (Wildman–Crippen MR) is 113 cm³/mol. The Morgan fingerprint density at radius 3 is 2.26 bits per heavy atom. The van der Waals surface area contributed by atoms with Crippen LogP contribution in [0.5, 0.6) is 0 Å². The SMILES string of the molecule is CCC(C)C(N)C(=O)Nc1cccc(CS(=O)(=O)Cc2ccccc2)c1.Cl. The van der Waals surface area contributed by atoms with Crippen molar-refractivity contribution in [3.05, 3.63) is 65.7 Å². The number of hydrogen-bond donors (Lipinski definition) is 2. The van der Waals surface area contributed by atoms with Gasteiger partial charge >= 0.3 is 0 Å². The highest BCUT2D eigenvalue weighted by atomic mass is 35.5. The third-order valence-electron chi connectivity index (χ3n) is 4.37. The van der Waals surface area contributed by atoms with Crippen LogP contribution in [0.15, 0.2) is 54.6 Å². The van der Waals surface area contributed by atoms with Gasteiger partial charge in [-0.3, -0.25) is 4.79 Å². The van der Waals surface area contributed by atoms with Crippen molar-refractivity contribution in [2.45, 2.75) is 37.8 Å². The second-order valence-corrected chi connectivity index (χ2v) is 8.68. The van der Waals surface area contributed by atoms with E-state index in [4.69, 9.17) is 5.73 Å². The molecule has 7 heteroatoms. The quantitative estimate of drug-likeness (QED) is 0.696. The van der Waals surface area contributed by atoms with Gasteiger partial charge in [0.2, 0.25) is 5.91 Å². The first-order chi connectivity index (χ1) is 12.3. The third kappa shape index (κ3) is 7.33. The van der Waals surface area contributed by atoms with Crippen molar-refractivity contribution in [2.24, 2.45) is 11.7 Å². The first-order valence-corrected chi connectivity index (χ1v) is 10.5. The molecule has 0 aliphatic carbocycles. The van der Waals surface area contributed by atoms with E-state index in [0.717, 1.165) is 12.0 Å². The monoisotopic (exact) mass is 410 g/mol. The average Bonchev–Trinajstić information content (AvgIpc) is 2.60. The maximum absolute atomic E-state index is 12.4. The lowest BCUT2D eigenvalue weighted by molar-refractivity contribution is -0.118. The zero-order chi connectivity index (χ0) is 19.2. The second-order valence-electron chi connectivity index (χ2n) is 6.62. The molecule has 0 aromatic heterocycles. The van der Waals surface area contributed by atoms with E-state index in [-0.39, 0.29) is 35.7 Å². The molecular formula is C20H27ClN2O3S. The Labute approximate surface area is 167 Å². The van der Waals surface area contributed by atoms with Gasteiger partial charge in [-0.15, -0.1) is 12.4 Å². The largest absolute Gasteiger partial charge is 0.325 e. The van der Waals surface area contributed by atoms with Crippen molar-refractivity contribution in [1.29, 1.82) is 0 Å². The van der Waals surface area contributed by atoms with Crippen LogP contribution in [0.25, 0.3) is 0 Å². The number of sulfone groups is 1. The molecule has 0 aliphatic heterocycles. The molecule has 0 spiro atoms. The fourth-order valence-electron chi connectivity index (χ4n) is 2.61. The Balaban J connectivity index is 0.00000364. The highest BCUT2D eigenvalue weighted by Crippen LogP contribution is 2.17. The number of hydrogen-bond acceptors (Lipinski definition) is 4. The van der Waals surface area contributed by atoms with Crippen LogP contribution < -0.4 is 11.1 Å². The van der Waals surface area contributed by atoms with Crippen LogP contribution in [-0.4, -0.2) is 20.4 Å². The van der Waals surface area contributed by atoms with Gasteiger partial charge in [-0.2, -0.15) is 0 Å². The van der Waals surface area contributed by atoms with Gasteiger partial charge in [0.25, 0.3) is 0 Å². The van der Waals surface area contributed by atoms with E-state index in [0.29, 0.717) is 11.3 Å². The van der Waals surface area contributed by atoms with Gasteiger partial charge in [0.1, 0.15) is 0 Å². The van der Waals surface area contributed by atoms with E-state index < -0.39 is 15.9 Å². The van der Waals surface area contributed by atoms with E-state index in [1.807, 2.05) is 32.0 Å². The first kappa shape index (κ1) is 23.1. The normalized spacial score (nSPS) is 13.3. The minimum Gasteiger partial charge on any atom is -0.325 e. The molecule has 0 saturated heterocycles. The number of nitrogens with two attached hydrogens (primary N) is 1. The van der Waals surface area contributed by atoms with Crippen molar-refractivity contribution in [2.75, 3.05) is 5.32 Å².